The topological polar surface area (TPSA) is 64.7 Å². The first-order valence-electron chi connectivity index (χ1n) is 7.55. The molecule has 0 saturated carbocycles. The fourth-order valence-corrected chi connectivity index (χ4v) is 3.20. The van der Waals surface area contributed by atoms with E-state index in [1.165, 1.54) is 0 Å². The second-order valence-electron chi connectivity index (χ2n) is 5.54. The average Bonchev–Trinajstić information content (AvgIpc) is 3.05. The number of amides is 1. The number of nitrogens with zero attached hydrogens (tertiary/aromatic N) is 4. The number of aryl methyl sites for hydroxylation is 2. The first-order chi connectivity index (χ1) is 11.5. The van der Waals surface area contributed by atoms with E-state index in [2.05, 4.69) is 31.4 Å². The molecule has 24 heavy (non-hydrogen) atoms. The standard InChI is InChI=1S/C17H18BrN5O/c1-11-14(9-19-17(24)16-15(18)10-20-22(16)3)12(2)23(21-11)13-7-5-4-6-8-13/h4-8,10H,9H2,1-3H3,(H,19,24). The van der Waals surface area contributed by atoms with Gasteiger partial charge in [0.1, 0.15) is 5.69 Å². The average molecular weight is 388 g/mol. The molecule has 0 saturated heterocycles. The largest absolute Gasteiger partial charge is 0.346 e. The fraction of sp³-hybridized carbons (Fsp3) is 0.235. The lowest BCUT2D eigenvalue weighted by Gasteiger charge is -2.08. The van der Waals surface area contributed by atoms with Gasteiger partial charge < -0.3 is 5.32 Å². The molecule has 0 fully saturated rings. The van der Waals surface area contributed by atoms with Crippen molar-refractivity contribution < 1.29 is 4.79 Å². The molecule has 0 atom stereocenters. The molecule has 0 unspecified atom stereocenters. The third-order valence-electron chi connectivity index (χ3n) is 3.98. The van der Waals surface area contributed by atoms with Gasteiger partial charge in [-0.15, -0.1) is 0 Å². The van der Waals surface area contributed by atoms with Crippen LogP contribution in [0.25, 0.3) is 5.69 Å². The Balaban J connectivity index is 1.82. The van der Waals surface area contributed by atoms with E-state index in [0.717, 1.165) is 22.6 Å². The van der Waals surface area contributed by atoms with Crippen LogP contribution in [0.4, 0.5) is 0 Å². The summed E-state index contributed by atoms with van der Waals surface area (Å²) in [6.45, 7) is 4.38. The maximum absolute atomic E-state index is 12.4. The summed E-state index contributed by atoms with van der Waals surface area (Å²) in [5.41, 5.74) is 4.44. The molecular weight excluding hydrogens is 370 g/mol. The highest BCUT2D eigenvalue weighted by Gasteiger charge is 2.17. The Kier molecular flexibility index (Phi) is 4.53. The van der Waals surface area contributed by atoms with E-state index >= 15 is 0 Å². The van der Waals surface area contributed by atoms with Gasteiger partial charge in [0, 0.05) is 24.8 Å². The minimum atomic E-state index is -0.173. The van der Waals surface area contributed by atoms with Gasteiger partial charge >= 0.3 is 0 Å². The summed E-state index contributed by atoms with van der Waals surface area (Å²) in [7, 11) is 1.74. The summed E-state index contributed by atoms with van der Waals surface area (Å²) in [5, 5.41) is 11.6. The quantitative estimate of drug-likeness (QED) is 0.748. The Morgan fingerprint density at radius 3 is 2.58 bits per heavy atom. The summed E-state index contributed by atoms with van der Waals surface area (Å²) in [6, 6.07) is 9.95. The van der Waals surface area contributed by atoms with Crippen molar-refractivity contribution in [1.82, 2.24) is 24.9 Å². The van der Waals surface area contributed by atoms with E-state index in [9.17, 15) is 4.79 Å². The van der Waals surface area contributed by atoms with Crippen molar-refractivity contribution in [3.8, 4) is 5.69 Å². The van der Waals surface area contributed by atoms with Crippen molar-refractivity contribution in [3.63, 3.8) is 0 Å². The predicted molar refractivity (Wildman–Crippen MR) is 95.1 cm³/mol. The molecule has 124 valence electrons. The minimum Gasteiger partial charge on any atom is -0.346 e. The Morgan fingerprint density at radius 1 is 1.25 bits per heavy atom. The van der Waals surface area contributed by atoms with Crippen LogP contribution in [0, 0.1) is 13.8 Å². The number of aromatic nitrogens is 4. The van der Waals surface area contributed by atoms with Gasteiger partial charge in [0.25, 0.3) is 5.91 Å². The van der Waals surface area contributed by atoms with Crippen molar-refractivity contribution in [2.75, 3.05) is 0 Å². The number of nitrogens with one attached hydrogen (secondary N) is 1. The molecule has 2 heterocycles. The van der Waals surface area contributed by atoms with E-state index in [0.29, 0.717) is 16.7 Å². The van der Waals surface area contributed by atoms with E-state index in [1.807, 2.05) is 48.9 Å². The van der Waals surface area contributed by atoms with Crippen molar-refractivity contribution in [1.29, 1.82) is 0 Å². The zero-order chi connectivity index (χ0) is 17.3. The molecule has 6 nitrogen and oxygen atoms in total. The number of carbonyl (C=O) groups is 1. The zero-order valence-corrected chi connectivity index (χ0v) is 15.3. The lowest BCUT2D eigenvalue weighted by atomic mass is 10.2. The third kappa shape index (κ3) is 2.99. The van der Waals surface area contributed by atoms with Crippen LogP contribution in [0.3, 0.4) is 0 Å². The predicted octanol–water partition coefficient (Wildman–Crippen LogP) is 2.92. The van der Waals surface area contributed by atoms with Gasteiger partial charge in [-0.1, -0.05) is 18.2 Å². The SMILES string of the molecule is Cc1nn(-c2ccccc2)c(C)c1CNC(=O)c1c(Br)cnn1C. The van der Waals surface area contributed by atoms with Crippen LogP contribution in [0.15, 0.2) is 41.0 Å². The second kappa shape index (κ2) is 6.60. The first-order valence-corrected chi connectivity index (χ1v) is 8.34. The van der Waals surface area contributed by atoms with Crippen LogP contribution < -0.4 is 5.32 Å². The van der Waals surface area contributed by atoms with Crippen molar-refractivity contribution in [2.24, 2.45) is 7.05 Å². The summed E-state index contributed by atoms with van der Waals surface area (Å²) in [6.07, 6.45) is 1.61. The van der Waals surface area contributed by atoms with E-state index in [4.69, 9.17) is 0 Å². The van der Waals surface area contributed by atoms with Gasteiger partial charge in [-0.25, -0.2) is 4.68 Å². The maximum Gasteiger partial charge on any atom is 0.270 e. The van der Waals surface area contributed by atoms with E-state index in [-0.39, 0.29) is 5.91 Å². The summed E-state index contributed by atoms with van der Waals surface area (Å²) < 4.78 is 4.12. The molecule has 0 bridgehead atoms. The lowest BCUT2D eigenvalue weighted by molar-refractivity contribution is 0.0940. The number of benzene rings is 1. The van der Waals surface area contributed by atoms with Gasteiger partial charge in [-0.3, -0.25) is 9.48 Å². The molecule has 1 N–H and O–H groups in total. The Hall–Kier alpha value is -2.41. The lowest BCUT2D eigenvalue weighted by Crippen LogP contribution is -2.26. The first kappa shape index (κ1) is 16.4. The summed E-state index contributed by atoms with van der Waals surface area (Å²) >= 11 is 3.35. The van der Waals surface area contributed by atoms with Crippen LogP contribution >= 0.6 is 15.9 Å². The number of carbonyl (C=O) groups excluding carboxylic acids is 1. The van der Waals surface area contributed by atoms with Crippen LogP contribution in [0.1, 0.15) is 27.4 Å². The third-order valence-corrected chi connectivity index (χ3v) is 4.56. The molecule has 1 aromatic carbocycles. The highest BCUT2D eigenvalue weighted by molar-refractivity contribution is 9.10. The van der Waals surface area contributed by atoms with Gasteiger partial charge in [0.2, 0.25) is 0 Å². The van der Waals surface area contributed by atoms with Crippen LogP contribution in [-0.4, -0.2) is 25.5 Å². The molecule has 0 aliphatic carbocycles. The molecular formula is C17H18BrN5O. The molecule has 0 radical (unpaired) electrons. The molecule has 3 rings (SSSR count). The second-order valence-corrected chi connectivity index (χ2v) is 6.40. The Morgan fingerprint density at radius 2 is 1.96 bits per heavy atom. The molecule has 2 aromatic heterocycles. The van der Waals surface area contributed by atoms with E-state index < -0.39 is 0 Å². The molecule has 0 spiro atoms. The van der Waals surface area contributed by atoms with E-state index in [1.54, 1.807) is 17.9 Å². The molecule has 1 amide bonds. The zero-order valence-electron chi connectivity index (χ0n) is 13.7. The van der Waals surface area contributed by atoms with Gasteiger partial charge in [-0.05, 0) is 41.9 Å². The number of hydrogen-bond acceptors (Lipinski definition) is 3. The maximum atomic E-state index is 12.4. The van der Waals surface area contributed by atoms with Crippen LogP contribution in [-0.2, 0) is 13.6 Å². The summed E-state index contributed by atoms with van der Waals surface area (Å²) in [4.78, 5) is 12.4. The van der Waals surface area contributed by atoms with Crippen LogP contribution in [0.5, 0.6) is 0 Å². The molecule has 7 heteroatoms. The molecule has 3 aromatic rings. The van der Waals surface area contributed by atoms with Gasteiger partial charge in [0.15, 0.2) is 0 Å². The van der Waals surface area contributed by atoms with Gasteiger partial charge in [-0.2, -0.15) is 10.2 Å². The highest BCUT2D eigenvalue weighted by Crippen LogP contribution is 2.19. The normalized spacial score (nSPS) is 10.8. The smallest absolute Gasteiger partial charge is 0.270 e. The van der Waals surface area contributed by atoms with Crippen molar-refractivity contribution in [3.05, 3.63) is 63.6 Å². The van der Waals surface area contributed by atoms with Crippen molar-refractivity contribution in [2.45, 2.75) is 20.4 Å². The molecule has 0 aliphatic heterocycles. The number of para-hydroxylation sites is 1. The molecule has 0 aliphatic rings. The van der Waals surface area contributed by atoms with Crippen LogP contribution in [0.2, 0.25) is 0 Å². The number of hydrogen-bond donors (Lipinski definition) is 1. The Labute approximate surface area is 148 Å². The Bertz CT molecular complexity index is 863. The van der Waals surface area contributed by atoms with Gasteiger partial charge in [0.05, 0.1) is 22.1 Å². The number of rotatable bonds is 4. The minimum absolute atomic E-state index is 0.173. The highest BCUT2D eigenvalue weighted by atomic mass is 79.9. The summed E-state index contributed by atoms with van der Waals surface area (Å²) in [5.74, 6) is -0.173. The monoisotopic (exact) mass is 387 g/mol. The fourth-order valence-electron chi connectivity index (χ4n) is 2.67. The number of halogens is 1. The van der Waals surface area contributed by atoms with Crippen molar-refractivity contribution >= 4 is 21.8 Å².